The van der Waals surface area contributed by atoms with Crippen LogP contribution >= 0.6 is 0 Å². The lowest BCUT2D eigenvalue weighted by molar-refractivity contribution is -0.117. The van der Waals surface area contributed by atoms with Gasteiger partial charge in [0, 0.05) is 32.3 Å². The van der Waals surface area contributed by atoms with E-state index in [4.69, 9.17) is 9.15 Å². The molecule has 2 aromatic rings. The molecule has 0 saturated heterocycles. The van der Waals surface area contributed by atoms with Gasteiger partial charge in [0.05, 0.1) is 12.9 Å². The molecule has 0 aliphatic carbocycles. The van der Waals surface area contributed by atoms with Crippen molar-refractivity contribution in [3.05, 3.63) is 60.1 Å². The number of hydrogen-bond donors (Lipinski definition) is 2. The van der Waals surface area contributed by atoms with Crippen LogP contribution in [0.1, 0.15) is 11.3 Å². The number of furan rings is 1. The Morgan fingerprint density at radius 1 is 1.16 bits per heavy atom. The molecule has 0 bridgehead atoms. The van der Waals surface area contributed by atoms with Crippen molar-refractivity contribution in [1.29, 1.82) is 0 Å². The van der Waals surface area contributed by atoms with Gasteiger partial charge in [-0.15, -0.1) is 0 Å². The minimum Gasteiger partial charge on any atom is -0.465 e. The molecule has 2 N–H and O–H groups in total. The van der Waals surface area contributed by atoms with Crippen LogP contribution in [0.3, 0.4) is 0 Å². The summed E-state index contributed by atoms with van der Waals surface area (Å²) in [5.41, 5.74) is 6.55. The summed E-state index contributed by atoms with van der Waals surface area (Å²) in [6.07, 6.45) is 4.10. The first-order valence-electron chi connectivity index (χ1n) is 7.75. The average molecular weight is 343 g/mol. The summed E-state index contributed by atoms with van der Waals surface area (Å²) in [5.74, 6) is 0.0469. The van der Waals surface area contributed by atoms with E-state index < -0.39 is 12.0 Å². The van der Waals surface area contributed by atoms with Crippen LogP contribution in [0.15, 0.2) is 53.2 Å². The van der Waals surface area contributed by atoms with Gasteiger partial charge >= 0.3 is 6.09 Å². The lowest BCUT2D eigenvalue weighted by Gasteiger charge is -2.12. The molecule has 2 rings (SSSR count). The van der Waals surface area contributed by atoms with Crippen LogP contribution in [0.4, 0.5) is 10.5 Å². The number of nitrogens with zero attached hydrogens (tertiary/aromatic N) is 1. The van der Waals surface area contributed by atoms with Crippen LogP contribution in [-0.2, 0) is 16.0 Å². The number of amides is 2. The number of hydrazine groups is 1. The minimum absolute atomic E-state index is 0.214. The molecule has 25 heavy (non-hydrogen) atoms. The van der Waals surface area contributed by atoms with E-state index >= 15 is 0 Å². The maximum atomic E-state index is 11.5. The smallest absolute Gasteiger partial charge is 0.426 e. The summed E-state index contributed by atoms with van der Waals surface area (Å²) >= 11 is 0. The molecule has 0 aliphatic rings. The Bertz CT molecular complexity index is 706. The largest absolute Gasteiger partial charge is 0.465 e. The zero-order valence-corrected chi connectivity index (χ0v) is 14.2. The summed E-state index contributed by atoms with van der Waals surface area (Å²) in [6, 6.07) is 11.4. The van der Waals surface area contributed by atoms with Gasteiger partial charge < -0.3 is 14.1 Å². The van der Waals surface area contributed by atoms with Gasteiger partial charge in [-0.05, 0) is 35.9 Å². The van der Waals surface area contributed by atoms with Gasteiger partial charge in [-0.25, -0.2) is 10.2 Å². The van der Waals surface area contributed by atoms with Crippen molar-refractivity contribution in [2.75, 3.05) is 25.6 Å². The zero-order chi connectivity index (χ0) is 18.1. The molecular weight excluding hydrogens is 322 g/mol. The summed E-state index contributed by atoms with van der Waals surface area (Å²) < 4.78 is 10.1. The second-order valence-electron chi connectivity index (χ2n) is 5.41. The van der Waals surface area contributed by atoms with Crippen molar-refractivity contribution in [2.24, 2.45) is 0 Å². The number of nitrogens with one attached hydrogen (secondary N) is 2. The number of anilines is 1. The molecule has 2 amide bonds. The number of carbonyl (C=O) groups is 2. The van der Waals surface area contributed by atoms with E-state index in [1.165, 1.54) is 18.4 Å². The minimum atomic E-state index is -0.718. The summed E-state index contributed by atoms with van der Waals surface area (Å²) in [7, 11) is 3.95. The third-order valence-electron chi connectivity index (χ3n) is 3.31. The third-order valence-corrected chi connectivity index (χ3v) is 3.31. The number of ether oxygens (including phenoxy) is 1. The lowest BCUT2D eigenvalue weighted by atomic mass is 10.1. The first-order chi connectivity index (χ1) is 12.0. The highest BCUT2D eigenvalue weighted by Crippen LogP contribution is 2.12. The van der Waals surface area contributed by atoms with Crippen molar-refractivity contribution in [3.63, 3.8) is 0 Å². The number of carbonyl (C=O) groups excluding carboxylic acids is 2. The van der Waals surface area contributed by atoms with E-state index in [0.717, 1.165) is 11.3 Å². The fraction of sp³-hybridized carbons (Fsp3) is 0.222. The highest BCUT2D eigenvalue weighted by Gasteiger charge is 2.04. The molecule has 0 atom stereocenters. The topological polar surface area (TPSA) is 83.8 Å². The number of benzene rings is 1. The van der Waals surface area contributed by atoms with Gasteiger partial charge in [0.25, 0.3) is 5.91 Å². The fourth-order valence-electron chi connectivity index (χ4n) is 1.96. The summed E-state index contributed by atoms with van der Waals surface area (Å²) in [4.78, 5) is 25.0. The van der Waals surface area contributed by atoms with Gasteiger partial charge in [-0.3, -0.25) is 10.2 Å². The van der Waals surface area contributed by atoms with E-state index in [1.807, 2.05) is 43.3 Å². The van der Waals surface area contributed by atoms with Gasteiger partial charge in [0.2, 0.25) is 0 Å². The molecule has 1 aromatic carbocycles. The molecule has 0 saturated carbocycles. The maximum Gasteiger partial charge on any atom is 0.426 e. The summed E-state index contributed by atoms with van der Waals surface area (Å²) in [5, 5.41) is 0. The van der Waals surface area contributed by atoms with Gasteiger partial charge in [0.15, 0.2) is 0 Å². The Balaban J connectivity index is 1.64. The average Bonchev–Trinajstić information content (AvgIpc) is 3.12. The Morgan fingerprint density at radius 3 is 2.56 bits per heavy atom. The SMILES string of the molecule is CN(C)c1ccc(CCOC(=O)NNC(=O)C=Cc2ccco2)cc1. The third kappa shape index (κ3) is 6.42. The molecule has 7 heteroatoms. The van der Waals surface area contributed by atoms with Crippen molar-refractivity contribution in [1.82, 2.24) is 10.9 Å². The Labute approximate surface area is 146 Å². The highest BCUT2D eigenvalue weighted by molar-refractivity contribution is 5.92. The molecule has 0 aliphatic heterocycles. The van der Waals surface area contributed by atoms with Crippen LogP contribution in [0, 0.1) is 0 Å². The van der Waals surface area contributed by atoms with E-state index in [0.29, 0.717) is 12.2 Å². The molecule has 0 unspecified atom stereocenters. The Hall–Kier alpha value is -3.22. The standard InChI is InChI=1S/C18H21N3O4/c1-21(2)15-7-5-14(6-8-15)11-13-25-18(23)20-19-17(22)10-9-16-4-3-12-24-16/h3-10,12H,11,13H2,1-2H3,(H,19,22)(H,20,23). The van der Waals surface area contributed by atoms with Gasteiger partial charge in [-0.1, -0.05) is 12.1 Å². The van der Waals surface area contributed by atoms with Crippen LogP contribution in [-0.4, -0.2) is 32.7 Å². The predicted molar refractivity (Wildman–Crippen MR) is 94.8 cm³/mol. The Morgan fingerprint density at radius 2 is 1.92 bits per heavy atom. The molecule has 0 spiro atoms. The van der Waals surface area contributed by atoms with Gasteiger partial charge in [-0.2, -0.15) is 0 Å². The zero-order valence-electron chi connectivity index (χ0n) is 14.2. The molecule has 0 fully saturated rings. The second-order valence-corrected chi connectivity index (χ2v) is 5.41. The first-order valence-corrected chi connectivity index (χ1v) is 7.75. The first kappa shape index (κ1) is 18.1. The van der Waals surface area contributed by atoms with Crippen molar-refractivity contribution < 1.29 is 18.7 Å². The molecule has 0 radical (unpaired) electrons. The van der Waals surface area contributed by atoms with Crippen LogP contribution in [0.2, 0.25) is 0 Å². The molecule has 7 nitrogen and oxygen atoms in total. The van der Waals surface area contributed by atoms with Crippen LogP contribution in [0.5, 0.6) is 0 Å². The van der Waals surface area contributed by atoms with E-state index in [1.54, 1.807) is 12.1 Å². The second kappa shape index (κ2) is 9.17. The van der Waals surface area contributed by atoms with Crippen LogP contribution in [0.25, 0.3) is 6.08 Å². The normalized spacial score (nSPS) is 10.5. The van der Waals surface area contributed by atoms with Crippen molar-refractivity contribution in [3.8, 4) is 0 Å². The fourth-order valence-corrected chi connectivity index (χ4v) is 1.96. The molecular formula is C18H21N3O4. The molecule has 1 heterocycles. The molecule has 132 valence electrons. The Kier molecular flexibility index (Phi) is 6.65. The van der Waals surface area contributed by atoms with Crippen molar-refractivity contribution in [2.45, 2.75) is 6.42 Å². The monoisotopic (exact) mass is 343 g/mol. The summed E-state index contributed by atoms with van der Waals surface area (Å²) in [6.45, 7) is 0.214. The van der Waals surface area contributed by atoms with Crippen molar-refractivity contribution >= 4 is 23.8 Å². The molecule has 1 aromatic heterocycles. The highest BCUT2D eigenvalue weighted by atomic mass is 16.6. The van der Waals surface area contributed by atoms with E-state index in [-0.39, 0.29) is 6.61 Å². The predicted octanol–water partition coefficient (Wildman–Crippen LogP) is 2.36. The number of hydrogen-bond acceptors (Lipinski definition) is 5. The van der Waals surface area contributed by atoms with E-state index in [2.05, 4.69) is 10.9 Å². The number of rotatable bonds is 6. The lowest BCUT2D eigenvalue weighted by Crippen LogP contribution is -2.41. The van der Waals surface area contributed by atoms with E-state index in [9.17, 15) is 9.59 Å². The quantitative estimate of drug-likeness (QED) is 0.621. The maximum absolute atomic E-state index is 11.5. The van der Waals surface area contributed by atoms with Crippen LogP contribution < -0.4 is 15.8 Å². The van der Waals surface area contributed by atoms with Gasteiger partial charge in [0.1, 0.15) is 5.76 Å².